The molecule has 2 N–H and O–H groups in total. The van der Waals surface area contributed by atoms with Crippen molar-refractivity contribution in [3.05, 3.63) is 36.2 Å². The normalized spacial score (nSPS) is 9.95. The Hall–Kier alpha value is -2.50. The molecule has 2 rings (SSSR count). The first-order valence-corrected chi connectivity index (χ1v) is 6.21. The van der Waals surface area contributed by atoms with Crippen molar-refractivity contribution in [3.8, 4) is 11.5 Å². The molecule has 0 aliphatic carbocycles. The quantitative estimate of drug-likeness (QED) is 0.841. The fraction of sp³-hybridized carbons (Fsp3) is 0.286. The number of hydrogen-bond acceptors (Lipinski definition) is 6. The van der Waals surface area contributed by atoms with Crippen molar-refractivity contribution in [3.63, 3.8) is 0 Å². The molecular weight excluding hydrogens is 256 g/mol. The van der Waals surface area contributed by atoms with Gasteiger partial charge in [0, 0.05) is 31.3 Å². The average molecular weight is 274 g/mol. The minimum Gasteiger partial charge on any atom is -0.497 e. The summed E-state index contributed by atoms with van der Waals surface area (Å²) in [4.78, 5) is 8.23. The lowest BCUT2D eigenvalue weighted by Crippen LogP contribution is -2.04. The Morgan fingerprint density at radius 2 is 1.85 bits per heavy atom. The van der Waals surface area contributed by atoms with Crippen LogP contribution in [0.15, 0.2) is 30.6 Å². The summed E-state index contributed by atoms with van der Waals surface area (Å²) in [6, 6.07) is 7.56. The Kier molecular flexibility index (Phi) is 4.60. The van der Waals surface area contributed by atoms with Crippen LogP contribution in [0.1, 0.15) is 5.56 Å². The number of rotatable bonds is 6. The van der Waals surface area contributed by atoms with E-state index in [1.54, 1.807) is 14.2 Å². The molecule has 0 atom stereocenters. The van der Waals surface area contributed by atoms with E-state index in [9.17, 15) is 0 Å². The highest BCUT2D eigenvalue weighted by Gasteiger charge is 2.05. The lowest BCUT2D eigenvalue weighted by Gasteiger charge is -2.12. The van der Waals surface area contributed by atoms with Crippen LogP contribution in [0.2, 0.25) is 0 Å². The van der Waals surface area contributed by atoms with E-state index >= 15 is 0 Å². The standard InChI is InChI=1S/C14H18N4O2/c1-15-13-7-14(18-9-17-13)16-8-10-4-5-11(19-2)6-12(10)20-3/h4-7,9H,8H2,1-3H3,(H2,15,16,17,18). The maximum atomic E-state index is 5.36. The van der Waals surface area contributed by atoms with Crippen LogP contribution in [-0.2, 0) is 6.54 Å². The van der Waals surface area contributed by atoms with E-state index in [4.69, 9.17) is 9.47 Å². The van der Waals surface area contributed by atoms with Gasteiger partial charge in [-0.05, 0) is 12.1 Å². The fourth-order valence-corrected chi connectivity index (χ4v) is 1.77. The third-order valence-electron chi connectivity index (χ3n) is 2.88. The Morgan fingerprint density at radius 3 is 2.55 bits per heavy atom. The molecule has 0 radical (unpaired) electrons. The molecule has 6 heteroatoms. The molecule has 1 aromatic heterocycles. The highest BCUT2D eigenvalue weighted by molar-refractivity contribution is 5.48. The number of methoxy groups -OCH3 is 2. The number of hydrogen-bond donors (Lipinski definition) is 2. The number of anilines is 2. The van der Waals surface area contributed by atoms with Gasteiger partial charge in [0.15, 0.2) is 0 Å². The van der Waals surface area contributed by atoms with Gasteiger partial charge in [-0.2, -0.15) is 0 Å². The van der Waals surface area contributed by atoms with Crippen LogP contribution in [0.4, 0.5) is 11.6 Å². The average Bonchev–Trinajstić information content (AvgIpc) is 2.52. The molecule has 106 valence electrons. The SMILES string of the molecule is CNc1cc(NCc2ccc(OC)cc2OC)ncn1. The maximum absolute atomic E-state index is 5.36. The predicted molar refractivity (Wildman–Crippen MR) is 78.5 cm³/mol. The van der Waals surface area contributed by atoms with E-state index < -0.39 is 0 Å². The van der Waals surface area contributed by atoms with Gasteiger partial charge in [-0.3, -0.25) is 0 Å². The number of aromatic nitrogens is 2. The summed E-state index contributed by atoms with van der Waals surface area (Å²) < 4.78 is 10.5. The number of ether oxygens (including phenoxy) is 2. The third kappa shape index (κ3) is 3.28. The Morgan fingerprint density at radius 1 is 1.05 bits per heavy atom. The second-order valence-electron chi connectivity index (χ2n) is 4.07. The van der Waals surface area contributed by atoms with Crippen LogP contribution in [0, 0.1) is 0 Å². The molecule has 0 aliphatic heterocycles. The number of nitrogens with one attached hydrogen (secondary N) is 2. The lowest BCUT2D eigenvalue weighted by atomic mass is 10.2. The molecule has 6 nitrogen and oxygen atoms in total. The van der Waals surface area contributed by atoms with E-state index in [0.29, 0.717) is 6.54 Å². The summed E-state index contributed by atoms with van der Waals surface area (Å²) in [6.07, 6.45) is 1.51. The molecule has 0 bridgehead atoms. The summed E-state index contributed by atoms with van der Waals surface area (Å²) in [5.74, 6) is 3.07. The molecule has 0 saturated carbocycles. The van der Waals surface area contributed by atoms with E-state index in [1.165, 1.54) is 6.33 Å². The summed E-state index contributed by atoms with van der Waals surface area (Å²) in [7, 11) is 5.09. The number of nitrogens with zero attached hydrogens (tertiary/aromatic N) is 2. The Bertz CT molecular complexity index is 575. The largest absolute Gasteiger partial charge is 0.497 e. The van der Waals surface area contributed by atoms with Gasteiger partial charge in [-0.1, -0.05) is 0 Å². The van der Waals surface area contributed by atoms with Crippen molar-refractivity contribution in [2.24, 2.45) is 0 Å². The van der Waals surface area contributed by atoms with Crippen molar-refractivity contribution in [1.29, 1.82) is 0 Å². The van der Waals surface area contributed by atoms with Crippen LogP contribution >= 0.6 is 0 Å². The Labute approximate surface area is 118 Å². The minimum absolute atomic E-state index is 0.604. The molecule has 0 fully saturated rings. The monoisotopic (exact) mass is 274 g/mol. The highest BCUT2D eigenvalue weighted by Crippen LogP contribution is 2.25. The van der Waals surface area contributed by atoms with Gasteiger partial charge in [-0.25, -0.2) is 9.97 Å². The lowest BCUT2D eigenvalue weighted by molar-refractivity contribution is 0.391. The smallest absolute Gasteiger partial charge is 0.131 e. The molecule has 0 aliphatic rings. The molecule has 20 heavy (non-hydrogen) atoms. The van der Waals surface area contributed by atoms with Crippen LogP contribution < -0.4 is 20.1 Å². The fourth-order valence-electron chi connectivity index (χ4n) is 1.77. The van der Waals surface area contributed by atoms with Gasteiger partial charge in [0.25, 0.3) is 0 Å². The Balaban J connectivity index is 2.10. The molecule has 0 unspecified atom stereocenters. The first kappa shape index (κ1) is 13.9. The van der Waals surface area contributed by atoms with Crippen molar-refractivity contribution in [1.82, 2.24) is 9.97 Å². The van der Waals surface area contributed by atoms with Crippen molar-refractivity contribution < 1.29 is 9.47 Å². The van der Waals surface area contributed by atoms with E-state index in [0.717, 1.165) is 28.7 Å². The van der Waals surface area contributed by atoms with Gasteiger partial charge in [0.2, 0.25) is 0 Å². The van der Waals surface area contributed by atoms with Gasteiger partial charge < -0.3 is 20.1 Å². The first-order chi connectivity index (χ1) is 9.76. The molecule has 0 spiro atoms. The van der Waals surface area contributed by atoms with Crippen molar-refractivity contribution in [2.75, 3.05) is 31.9 Å². The minimum atomic E-state index is 0.604. The topological polar surface area (TPSA) is 68.3 Å². The summed E-state index contributed by atoms with van der Waals surface area (Å²) >= 11 is 0. The summed E-state index contributed by atoms with van der Waals surface area (Å²) in [5.41, 5.74) is 1.03. The van der Waals surface area contributed by atoms with Gasteiger partial charge >= 0.3 is 0 Å². The maximum Gasteiger partial charge on any atom is 0.131 e. The molecule has 1 aromatic carbocycles. The molecular formula is C14H18N4O2. The molecule has 2 aromatic rings. The zero-order valence-corrected chi connectivity index (χ0v) is 11.8. The zero-order valence-electron chi connectivity index (χ0n) is 11.8. The van der Waals surface area contributed by atoms with Crippen molar-refractivity contribution in [2.45, 2.75) is 6.54 Å². The number of benzene rings is 1. The van der Waals surface area contributed by atoms with E-state index in [2.05, 4.69) is 20.6 Å². The van der Waals surface area contributed by atoms with Crippen LogP contribution in [0.25, 0.3) is 0 Å². The van der Waals surface area contributed by atoms with Crippen LogP contribution in [0.3, 0.4) is 0 Å². The highest BCUT2D eigenvalue weighted by atomic mass is 16.5. The van der Waals surface area contributed by atoms with Gasteiger partial charge in [0.1, 0.15) is 29.5 Å². The third-order valence-corrected chi connectivity index (χ3v) is 2.88. The summed E-state index contributed by atoms with van der Waals surface area (Å²) in [5, 5.41) is 6.21. The molecule has 0 saturated heterocycles. The van der Waals surface area contributed by atoms with Gasteiger partial charge in [-0.15, -0.1) is 0 Å². The zero-order chi connectivity index (χ0) is 14.4. The molecule has 1 heterocycles. The second-order valence-corrected chi connectivity index (χ2v) is 4.07. The van der Waals surface area contributed by atoms with Crippen LogP contribution in [-0.4, -0.2) is 31.2 Å². The van der Waals surface area contributed by atoms with Gasteiger partial charge in [0.05, 0.1) is 14.2 Å². The van der Waals surface area contributed by atoms with Crippen molar-refractivity contribution >= 4 is 11.6 Å². The van der Waals surface area contributed by atoms with E-state index in [-0.39, 0.29) is 0 Å². The second kappa shape index (κ2) is 6.60. The molecule has 0 amide bonds. The van der Waals surface area contributed by atoms with Crippen LogP contribution in [0.5, 0.6) is 11.5 Å². The predicted octanol–water partition coefficient (Wildman–Crippen LogP) is 2.15. The summed E-state index contributed by atoms with van der Waals surface area (Å²) in [6.45, 7) is 0.604. The first-order valence-electron chi connectivity index (χ1n) is 6.21. The van der Waals surface area contributed by atoms with E-state index in [1.807, 2.05) is 31.3 Å².